The Morgan fingerprint density at radius 1 is 1.12 bits per heavy atom. The summed E-state index contributed by atoms with van der Waals surface area (Å²) in [4.78, 5) is 25.8. The number of hydrogen-bond acceptors (Lipinski definition) is 6. The van der Waals surface area contributed by atoms with Crippen LogP contribution >= 0.6 is 0 Å². The zero-order chi connectivity index (χ0) is 22.6. The number of rotatable bonds is 9. The number of para-hydroxylation sites is 1. The van der Waals surface area contributed by atoms with Crippen LogP contribution in [-0.4, -0.2) is 55.0 Å². The maximum Gasteiger partial charge on any atom is 0.337 e. The second kappa shape index (κ2) is 9.38. The van der Waals surface area contributed by atoms with Gasteiger partial charge >= 0.3 is 5.97 Å². The summed E-state index contributed by atoms with van der Waals surface area (Å²) in [6, 6.07) is 19.1. The van der Waals surface area contributed by atoms with Crippen LogP contribution in [0, 0.1) is 0 Å². The molecule has 3 unspecified atom stereocenters. The molecule has 0 saturated carbocycles. The summed E-state index contributed by atoms with van der Waals surface area (Å²) in [6.45, 7) is -0.124. The minimum atomic E-state index is -1.19. The normalized spacial score (nSPS) is 22.0. The number of carbonyl (C=O) groups is 2. The van der Waals surface area contributed by atoms with Crippen molar-refractivity contribution >= 4 is 17.6 Å². The van der Waals surface area contributed by atoms with Crippen molar-refractivity contribution in [3.63, 3.8) is 0 Å². The van der Waals surface area contributed by atoms with Gasteiger partial charge < -0.3 is 25.2 Å². The Kier molecular flexibility index (Phi) is 6.39. The smallest absolute Gasteiger partial charge is 0.337 e. The number of methoxy groups -OCH3 is 1. The Morgan fingerprint density at radius 2 is 1.81 bits per heavy atom. The van der Waals surface area contributed by atoms with Crippen molar-refractivity contribution in [3.05, 3.63) is 89.5 Å². The van der Waals surface area contributed by atoms with Crippen LogP contribution in [0.2, 0.25) is 0 Å². The van der Waals surface area contributed by atoms with Gasteiger partial charge in [0.05, 0.1) is 30.9 Å². The van der Waals surface area contributed by atoms with Crippen molar-refractivity contribution in [1.29, 1.82) is 0 Å². The fourth-order valence-corrected chi connectivity index (χ4v) is 4.32. The Balaban J connectivity index is 1.78. The molecule has 0 fully saturated rings. The fourth-order valence-electron chi connectivity index (χ4n) is 4.32. The zero-order valence-corrected chi connectivity index (χ0v) is 17.8. The molecule has 0 saturated heterocycles. The first kappa shape index (κ1) is 21.8. The molecule has 0 aliphatic carbocycles. The van der Waals surface area contributed by atoms with Crippen LogP contribution < -0.4 is 10.6 Å². The summed E-state index contributed by atoms with van der Waals surface area (Å²) in [7, 11) is 1.29. The molecule has 166 valence electrons. The number of benzene rings is 2. The van der Waals surface area contributed by atoms with Crippen LogP contribution in [0.5, 0.6) is 0 Å². The molecule has 0 aromatic heterocycles. The highest BCUT2D eigenvalue weighted by Gasteiger charge is 2.58. The summed E-state index contributed by atoms with van der Waals surface area (Å²) in [6.07, 6.45) is 3.51. The second-order valence-corrected chi connectivity index (χ2v) is 7.70. The van der Waals surface area contributed by atoms with Crippen molar-refractivity contribution in [3.8, 4) is 0 Å². The first-order valence-electron chi connectivity index (χ1n) is 10.5. The number of aliphatic hydroxyl groups is 1. The van der Waals surface area contributed by atoms with E-state index in [4.69, 9.17) is 14.6 Å². The summed E-state index contributed by atoms with van der Waals surface area (Å²) >= 11 is 0. The minimum Gasteiger partial charge on any atom is -0.466 e. The lowest BCUT2D eigenvalue weighted by Crippen LogP contribution is -2.49. The lowest BCUT2D eigenvalue weighted by molar-refractivity contribution is -0.138. The molecular weight excluding hydrogens is 408 g/mol. The number of esters is 1. The molecule has 7 heteroatoms. The van der Waals surface area contributed by atoms with E-state index in [1.54, 1.807) is 6.08 Å². The van der Waals surface area contributed by atoms with Crippen LogP contribution in [0.4, 0.5) is 5.69 Å². The largest absolute Gasteiger partial charge is 0.466 e. The van der Waals surface area contributed by atoms with Crippen LogP contribution in [0.15, 0.2) is 84.0 Å². The van der Waals surface area contributed by atoms with Gasteiger partial charge in [0.25, 0.3) is 5.91 Å². The molecule has 32 heavy (non-hydrogen) atoms. The molecule has 2 aliphatic rings. The molecule has 2 bridgehead atoms. The third-order valence-corrected chi connectivity index (χ3v) is 5.73. The predicted molar refractivity (Wildman–Crippen MR) is 120 cm³/mol. The van der Waals surface area contributed by atoms with Gasteiger partial charge in [0.1, 0.15) is 11.7 Å². The van der Waals surface area contributed by atoms with E-state index in [0.717, 1.165) is 11.3 Å². The van der Waals surface area contributed by atoms with Crippen LogP contribution in [0.1, 0.15) is 5.56 Å². The minimum absolute atomic E-state index is 0.0793. The van der Waals surface area contributed by atoms with E-state index in [1.807, 2.05) is 66.7 Å². The zero-order valence-electron chi connectivity index (χ0n) is 17.8. The van der Waals surface area contributed by atoms with Gasteiger partial charge in [-0.3, -0.25) is 4.79 Å². The maximum absolute atomic E-state index is 13.0. The van der Waals surface area contributed by atoms with Crippen molar-refractivity contribution < 1.29 is 24.2 Å². The van der Waals surface area contributed by atoms with Gasteiger partial charge in [0.15, 0.2) is 0 Å². The monoisotopic (exact) mass is 434 g/mol. The van der Waals surface area contributed by atoms with E-state index >= 15 is 0 Å². The van der Waals surface area contributed by atoms with E-state index in [0.29, 0.717) is 6.42 Å². The van der Waals surface area contributed by atoms with E-state index in [1.165, 1.54) is 7.11 Å². The number of anilines is 1. The van der Waals surface area contributed by atoms with Gasteiger partial charge in [-0.05, 0) is 30.2 Å². The predicted octanol–water partition coefficient (Wildman–Crippen LogP) is 2.00. The Hall–Kier alpha value is -3.42. The summed E-state index contributed by atoms with van der Waals surface area (Å²) < 4.78 is 11.4. The lowest BCUT2D eigenvalue weighted by Gasteiger charge is -2.36. The van der Waals surface area contributed by atoms with E-state index in [-0.39, 0.29) is 24.3 Å². The van der Waals surface area contributed by atoms with Gasteiger partial charge in [-0.25, -0.2) is 4.79 Å². The van der Waals surface area contributed by atoms with Gasteiger partial charge in [-0.2, -0.15) is 0 Å². The SMILES string of the molecule is COC(=O)C1=C(C(=O)NCCO)C2C=CC1(C(Cc1ccccc1)Nc1ccccc1)O2. The number of fused-ring (bicyclic) bond motifs is 2. The first-order valence-corrected chi connectivity index (χ1v) is 10.5. The Morgan fingerprint density at radius 3 is 2.47 bits per heavy atom. The molecule has 3 atom stereocenters. The maximum atomic E-state index is 13.0. The van der Waals surface area contributed by atoms with Gasteiger partial charge in [-0.1, -0.05) is 54.6 Å². The molecular formula is C25H26N2O5. The van der Waals surface area contributed by atoms with Crippen molar-refractivity contribution in [1.82, 2.24) is 5.32 Å². The number of aliphatic hydroxyl groups excluding tert-OH is 1. The first-order chi connectivity index (χ1) is 15.6. The molecule has 0 radical (unpaired) electrons. The molecule has 1 amide bonds. The van der Waals surface area contributed by atoms with Crippen LogP contribution in [-0.2, 0) is 25.5 Å². The van der Waals surface area contributed by atoms with Gasteiger partial charge in [0.2, 0.25) is 0 Å². The number of hydrogen-bond donors (Lipinski definition) is 3. The summed E-state index contributed by atoms with van der Waals surface area (Å²) in [5, 5.41) is 15.2. The Bertz CT molecular complexity index is 993. The highest BCUT2D eigenvalue weighted by molar-refractivity contribution is 6.07. The highest BCUT2D eigenvalue weighted by atomic mass is 16.5. The number of carbonyl (C=O) groups excluding carboxylic acids is 2. The average Bonchev–Trinajstić information content (AvgIpc) is 3.41. The van der Waals surface area contributed by atoms with E-state index < -0.39 is 29.6 Å². The van der Waals surface area contributed by atoms with Gasteiger partial charge in [-0.15, -0.1) is 0 Å². The highest BCUT2D eigenvalue weighted by Crippen LogP contribution is 2.47. The van der Waals surface area contributed by atoms with Crippen molar-refractivity contribution in [2.75, 3.05) is 25.6 Å². The molecule has 2 aliphatic heterocycles. The molecule has 2 heterocycles. The quantitative estimate of drug-likeness (QED) is 0.413. The third-order valence-electron chi connectivity index (χ3n) is 5.73. The topological polar surface area (TPSA) is 96.9 Å². The number of nitrogens with one attached hydrogen (secondary N) is 2. The molecule has 7 nitrogen and oxygen atoms in total. The van der Waals surface area contributed by atoms with Crippen LogP contribution in [0.25, 0.3) is 0 Å². The molecule has 3 N–H and O–H groups in total. The average molecular weight is 434 g/mol. The number of amides is 1. The van der Waals surface area contributed by atoms with Crippen molar-refractivity contribution in [2.24, 2.45) is 0 Å². The molecule has 4 rings (SSSR count). The third kappa shape index (κ3) is 4.04. The lowest BCUT2D eigenvalue weighted by atomic mass is 9.79. The second-order valence-electron chi connectivity index (χ2n) is 7.70. The summed E-state index contributed by atoms with van der Waals surface area (Å²) in [5.41, 5.74) is 1.15. The molecule has 2 aromatic rings. The number of ether oxygens (including phenoxy) is 2. The fraction of sp³-hybridized carbons (Fsp3) is 0.280. The van der Waals surface area contributed by atoms with Gasteiger partial charge in [0, 0.05) is 12.2 Å². The van der Waals surface area contributed by atoms with Crippen molar-refractivity contribution in [2.45, 2.75) is 24.2 Å². The van der Waals surface area contributed by atoms with E-state index in [9.17, 15) is 9.59 Å². The molecule has 2 aromatic carbocycles. The Labute approximate surface area is 186 Å². The van der Waals surface area contributed by atoms with E-state index in [2.05, 4.69) is 10.6 Å². The van der Waals surface area contributed by atoms with Crippen LogP contribution in [0.3, 0.4) is 0 Å². The standard InChI is InChI=1S/C25H26N2O5/c1-31-24(30)22-21(23(29)26-14-15-28)19-12-13-25(22,32-19)20(16-17-8-4-2-5-9-17)27-18-10-6-3-7-11-18/h2-13,19-20,27-28H,14-16H2,1H3,(H,26,29). The summed E-state index contributed by atoms with van der Waals surface area (Å²) in [5.74, 6) is -1.06. The molecule has 0 spiro atoms.